The molecule has 0 aliphatic heterocycles. The summed E-state index contributed by atoms with van der Waals surface area (Å²) in [6.07, 6.45) is 11.3. The molecular formula is C28H44Cl2O4. The second-order valence-electron chi connectivity index (χ2n) is 11.6. The minimum Gasteiger partial charge on any atom is -0.393 e. The average Bonchev–Trinajstić information content (AvgIpc) is 3.09. The minimum atomic E-state index is -1.18. The lowest BCUT2D eigenvalue weighted by Gasteiger charge is -2.44. The lowest BCUT2D eigenvalue weighted by Crippen LogP contribution is -2.41. The molecule has 0 bridgehead atoms. The molecule has 0 aromatic heterocycles. The van der Waals surface area contributed by atoms with Crippen molar-refractivity contribution < 1.29 is 20.1 Å². The lowest BCUT2D eigenvalue weighted by molar-refractivity contribution is -0.0279. The molecule has 34 heavy (non-hydrogen) atoms. The van der Waals surface area contributed by atoms with Crippen LogP contribution in [0.4, 0.5) is 0 Å². The third kappa shape index (κ3) is 6.12. The van der Waals surface area contributed by atoms with Crippen LogP contribution in [0, 0.1) is 17.3 Å². The van der Waals surface area contributed by atoms with E-state index in [9.17, 15) is 15.3 Å². The van der Waals surface area contributed by atoms with Crippen LogP contribution < -0.4 is 0 Å². The van der Waals surface area contributed by atoms with E-state index in [1.807, 2.05) is 0 Å². The fourth-order valence-corrected chi connectivity index (χ4v) is 6.77. The minimum absolute atomic E-state index is 0.151. The van der Waals surface area contributed by atoms with Crippen molar-refractivity contribution in [3.63, 3.8) is 0 Å². The fourth-order valence-electron chi connectivity index (χ4n) is 6.50. The van der Waals surface area contributed by atoms with Crippen molar-refractivity contribution >= 4 is 23.2 Å². The van der Waals surface area contributed by atoms with Crippen LogP contribution in [0.3, 0.4) is 0 Å². The summed E-state index contributed by atoms with van der Waals surface area (Å²) in [7, 11) is 0. The zero-order chi connectivity index (χ0) is 25.3. The first-order valence-corrected chi connectivity index (χ1v) is 13.7. The molecular weight excluding hydrogens is 471 g/mol. The number of halogens is 2. The SMILES string of the molecule is C=C1/C(=C\C=C2/CCC[C@]3(C)[C@@H]([C@@H](C)OCCCC(Cl)(Cl)C(C)(C)O)CC[C@@H]23)C[C@@H](O)C[C@@H]1O. The first kappa shape index (κ1) is 28.2. The molecule has 6 atom stereocenters. The van der Waals surface area contributed by atoms with Gasteiger partial charge in [-0.05, 0) is 101 Å². The van der Waals surface area contributed by atoms with Crippen molar-refractivity contribution in [2.75, 3.05) is 6.61 Å². The highest BCUT2D eigenvalue weighted by Gasteiger charge is 2.51. The van der Waals surface area contributed by atoms with Gasteiger partial charge in [-0.2, -0.15) is 0 Å². The Morgan fingerprint density at radius 2 is 1.94 bits per heavy atom. The topological polar surface area (TPSA) is 69.9 Å². The largest absolute Gasteiger partial charge is 0.393 e. The van der Waals surface area contributed by atoms with Gasteiger partial charge < -0.3 is 20.1 Å². The number of alkyl halides is 2. The molecule has 194 valence electrons. The van der Waals surface area contributed by atoms with E-state index in [-0.39, 0.29) is 11.5 Å². The summed E-state index contributed by atoms with van der Waals surface area (Å²) in [6.45, 7) is 12.5. The zero-order valence-corrected chi connectivity index (χ0v) is 22.8. The quantitative estimate of drug-likeness (QED) is 0.264. The first-order chi connectivity index (χ1) is 15.8. The number of hydrogen-bond acceptors (Lipinski definition) is 4. The zero-order valence-electron chi connectivity index (χ0n) is 21.3. The van der Waals surface area contributed by atoms with Crippen molar-refractivity contribution in [2.24, 2.45) is 17.3 Å². The molecule has 6 heteroatoms. The highest BCUT2D eigenvalue weighted by Crippen LogP contribution is 2.58. The van der Waals surface area contributed by atoms with E-state index >= 15 is 0 Å². The Bertz CT molecular complexity index is 797. The van der Waals surface area contributed by atoms with Crippen LogP contribution in [0.2, 0.25) is 0 Å². The van der Waals surface area contributed by atoms with Crippen molar-refractivity contribution in [1.29, 1.82) is 0 Å². The molecule has 3 N–H and O–H groups in total. The number of allylic oxidation sites excluding steroid dienone is 3. The molecule has 0 heterocycles. The van der Waals surface area contributed by atoms with Gasteiger partial charge >= 0.3 is 0 Å². The summed E-state index contributed by atoms with van der Waals surface area (Å²) in [6, 6.07) is 0. The van der Waals surface area contributed by atoms with Crippen molar-refractivity contribution in [2.45, 2.75) is 114 Å². The predicted molar refractivity (Wildman–Crippen MR) is 140 cm³/mol. The van der Waals surface area contributed by atoms with Gasteiger partial charge in [0.25, 0.3) is 0 Å². The van der Waals surface area contributed by atoms with E-state index in [1.54, 1.807) is 13.8 Å². The van der Waals surface area contributed by atoms with E-state index in [0.29, 0.717) is 44.1 Å². The average molecular weight is 516 g/mol. The summed E-state index contributed by atoms with van der Waals surface area (Å²) in [5.74, 6) is 1.03. The van der Waals surface area contributed by atoms with Gasteiger partial charge in [0.15, 0.2) is 0 Å². The summed E-state index contributed by atoms with van der Waals surface area (Å²) >= 11 is 12.6. The van der Waals surface area contributed by atoms with Gasteiger partial charge in [-0.15, -0.1) is 0 Å². The standard InChI is InChI=1S/C28H44Cl2O4/c1-18-21(16-22(31)17-25(18)32)10-9-20-8-6-13-27(5)23(11-12-24(20)27)19(2)34-15-7-14-28(29,30)26(3,4)33/h9-10,19,22-25,31-33H,1,6-8,11-17H2,2-5H3/b20-9+,21-10-/t19-,22-,23-,24+,25+,27-/m1/s1. The molecule has 0 unspecified atom stereocenters. The second kappa shape index (κ2) is 10.9. The Labute approximate surface area is 216 Å². The van der Waals surface area contributed by atoms with Crippen LogP contribution in [0.15, 0.2) is 35.5 Å². The highest BCUT2D eigenvalue weighted by molar-refractivity contribution is 6.49. The molecule has 3 aliphatic rings. The van der Waals surface area contributed by atoms with E-state index < -0.39 is 22.1 Å². The molecule has 3 aliphatic carbocycles. The third-order valence-electron chi connectivity index (χ3n) is 8.78. The molecule has 0 aromatic carbocycles. The summed E-state index contributed by atoms with van der Waals surface area (Å²) in [4.78, 5) is 0. The predicted octanol–water partition coefficient (Wildman–Crippen LogP) is 6.26. The lowest BCUT2D eigenvalue weighted by atomic mass is 9.62. The van der Waals surface area contributed by atoms with Gasteiger partial charge in [-0.25, -0.2) is 0 Å². The van der Waals surface area contributed by atoms with Gasteiger partial charge in [0.2, 0.25) is 0 Å². The number of rotatable bonds is 8. The van der Waals surface area contributed by atoms with E-state index in [1.165, 1.54) is 24.8 Å². The molecule has 0 amide bonds. The van der Waals surface area contributed by atoms with Gasteiger partial charge in [0.1, 0.15) is 4.33 Å². The van der Waals surface area contributed by atoms with Gasteiger partial charge in [-0.3, -0.25) is 0 Å². The fraction of sp³-hybridized carbons (Fsp3) is 0.786. The number of hydrogen-bond donors (Lipinski definition) is 3. The number of aliphatic hydroxyl groups is 3. The molecule has 0 aromatic rings. The smallest absolute Gasteiger partial charge is 0.146 e. The van der Waals surface area contributed by atoms with Crippen LogP contribution >= 0.6 is 23.2 Å². The van der Waals surface area contributed by atoms with Crippen LogP contribution in [0.25, 0.3) is 0 Å². The molecule has 0 saturated heterocycles. The van der Waals surface area contributed by atoms with E-state index in [4.69, 9.17) is 27.9 Å². The Morgan fingerprint density at radius 3 is 2.62 bits per heavy atom. The summed E-state index contributed by atoms with van der Waals surface area (Å²) in [5.41, 5.74) is 2.25. The maximum absolute atomic E-state index is 10.2. The van der Waals surface area contributed by atoms with E-state index in [2.05, 4.69) is 32.6 Å². The maximum Gasteiger partial charge on any atom is 0.146 e. The number of aliphatic hydroxyl groups excluding tert-OH is 2. The molecule has 0 spiro atoms. The molecule has 4 nitrogen and oxygen atoms in total. The van der Waals surface area contributed by atoms with Crippen LogP contribution in [0.5, 0.6) is 0 Å². The van der Waals surface area contributed by atoms with Crippen molar-refractivity contribution in [1.82, 2.24) is 0 Å². The monoisotopic (exact) mass is 514 g/mol. The summed E-state index contributed by atoms with van der Waals surface area (Å²) < 4.78 is 5.10. The molecule has 3 saturated carbocycles. The maximum atomic E-state index is 10.2. The summed E-state index contributed by atoms with van der Waals surface area (Å²) in [5, 5.41) is 30.4. The Morgan fingerprint density at radius 1 is 1.24 bits per heavy atom. The third-order valence-corrected chi connectivity index (χ3v) is 10.1. The number of ether oxygens (including phenoxy) is 1. The molecule has 3 fully saturated rings. The van der Waals surface area contributed by atoms with Gasteiger partial charge in [0.05, 0.1) is 23.9 Å². The number of fused-ring (bicyclic) bond motifs is 1. The Hall–Kier alpha value is -0.360. The molecule has 3 rings (SSSR count). The van der Waals surface area contributed by atoms with Crippen molar-refractivity contribution in [3.05, 3.63) is 35.5 Å². The Balaban J connectivity index is 1.62. The van der Waals surface area contributed by atoms with Crippen LogP contribution in [0.1, 0.15) is 85.5 Å². The normalized spacial score (nSPS) is 36.2. The van der Waals surface area contributed by atoms with Crippen LogP contribution in [-0.4, -0.2) is 50.2 Å². The van der Waals surface area contributed by atoms with E-state index in [0.717, 1.165) is 24.0 Å². The first-order valence-electron chi connectivity index (χ1n) is 12.9. The highest BCUT2D eigenvalue weighted by atomic mass is 35.5. The Kier molecular flexibility index (Phi) is 9.08. The van der Waals surface area contributed by atoms with Gasteiger partial charge in [0, 0.05) is 13.0 Å². The van der Waals surface area contributed by atoms with Gasteiger partial charge in [-0.1, -0.05) is 54.4 Å². The van der Waals surface area contributed by atoms with Crippen molar-refractivity contribution in [3.8, 4) is 0 Å². The van der Waals surface area contributed by atoms with Crippen LogP contribution in [-0.2, 0) is 4.74 Å². The molecule has 0 radical (unpaired) electrons. The second-order valence-corrected chi connectivity index (χ2v) is 13.1.